The van der Waals surface area contributed by atoms with Gasteiger partial charge in [-0.15, -0.1) is 0 Å². The van der Waals surface area contributed by atoms with E-state index in [4.69, 9.17) is 4.74 Å². The molecule has 1 nitrogen and oxygen atoms in total. The third kappa shape index (κ3) is 5.20. The molecule has 152 valence electrons. The Bertz CT molecular complexity index is 600. The summed E-state index contributed by atoms with van der Waals surface area (Å²) in [6, 6.07) is 3.96. The summed E-state index contributed by atoms with van der Waals surface area (Å²) in [5.41, 5.74) is 0.430. The second-order valence-corrected chi connectivity index (χ2v) is 8.76. The third-order valence-electron chi connectivity index (χ3n) is 6.90. The van der Waals surface area contributed by atoms with Crippen molar-refractivity contribution in [1.82, 2.24) is 0 Å². The van der Waals surface area contributed by atoms with E-state index < -0.39 is 17.8 Å². The highest BCUT2D eigenvalue weighted by molar-refractivity contribution is 5.28. The predicted octanol–water partition coefficient (Wildman–Crippen LogP) is 7.52. The molecule has 0 unspecified atom stereocenters. The van der Waals surface area contributed by atoms with Crippen molar-refractivity contribution in [2.24, 2.45) is 23.7 Å². The SMILES string of the molecule is CCCC1CCC(C2CCC(C(F)(F)Oc3ccc(C)c(F)c3)CC2)CC1. The Kier molecular flexibility index (Phi) is 6.75. The van der Waals surface area contributed by atoms with Crippen molar-refractivity contribution in [3.8, 4) is 5.75 Å². The molecule has 27 heavy (non-hydrogen) atoms. The molecule has 2 aliphatic carbocycles. The molecule has 0 radical (unpaired) electrons. The Hall–Kier alpha value is -1.19. The lowest BCUT2D eigenvalue weighted by atomic mass is 9.68. The van der Waals surface area contributed by atoms with Crippen molar-refractivity contribution in [3.05, 3.63) is 29.6 Å². The van der Waals surface area contributed by atoms with Gasteiger partial charge in [0.1, 0.15) is 11.6 Å². The Labute approximate surface area is 161 Å². The van der Waals surface area contributed by atoms with E-state index in [1.54, 1.807) is 6.92 Å². The monoisotopic (exact) mass is 382 g/mol. The van der Waals surface area contributed by atoms with Crippen LogP contribution < -0.4 is 4.74 Å². The molecule has 4 heteroatoms. The van der Waals surface area contributed by atoms with Crippen LogP contribution in [0.1, 0.15) is 76.7 Å². The van der Waals surface area contributed by atoms with Gasteiger partial charge in [-0.05, 0) is 74.8 Å². The van der Waals surface area contributed by atoms with E-state index in [0.29, 0.717) is 24.3 Å². The Morgan fingerprint density at radius 1 is 0.963 bits per heavy atom. The summed E-state index contributed by atoms with van der Waals surface area (Å²) in [6.07, 6.45) is 7.29. The first-order valence-electron chi connectivity index (χ1n) is 10.7. The Balaban J connectivity index is 1.50. The lowest BCUT2D eigenvalue weighted by Crippen LogP contribution is -2.38. The predicted molar refractivity (Wildman–Crippen MR) is 103 cm³/mol. The summed E-state index contributed by atoms with van der Waals surface area (Å²) in [4.78, 5) is 0. The molecule has 0 heterocycles. The zero-order valence-electron chi connectivity index (χ0n) is 16.7. The molecular formula is C23H33F3O. The van der Waals surface area contributed by atoms with Crippen LogP contribution in [-0.4, -0.2) is 6.11 Å². The molecular weight excluding hydrogens is 349 g/mol. The van der Waals surface area contributed by atoms with Crippen LogP contribution >= 0.6 is 0 Å². The van der Waals surface area contributed by atoms with Crippen molar-refractivity contribution < 1.29 is 17.9 Å². The fraction of sp³-hybridized carbons (Fsp3) is 0.739. The van der Waals surface area contributed by atoms with Gasteiger partial charge in [-0.1, -0.05) is 38.7 Å². The second kappa shape index (κ2) is 8.87. The normalized spacial score (nSPS) is 29.5. The lowest BCUT2D eigenvalue weighted by molar-refractivity contribution is -0.224. The van der Waals surface area contributed by atoms with E-state index >= 15 is 0 Å². The standard InChI is InChI=1S/C23H33F3O/c1-3-4-17-6-8-18(9-7-17)19-10-12-20(13-11-19)23(25,26)27-21-14-5-16(2)22(24)15-21/h5,14-15,17-20H,3-4,6-13H2,1-2H3. The van der Waals surface area contributed by atoms with Crippen molar-refractivity contribution >= 4 is 0 Å². The summed E-state index contributed by atoms with van der Waals surface area (Å²) in [7, 11) is 0. The number of hydrogen-bond acceptors (Lipinski definition) is 1. The van der Waals surface area contributed by atoms with Crippen molar-refractivity contribution in [2.75, 3.05) is 0 Å². The minimum absolute atomic E-state index is 0.0838. The van der Waals surface area contributed by atoms with Crippen LogP contribution in [0.3, 0.4) is 0 Å². The van der Waals surface area contributed by atoms with Gasteiger partial charge in [0.2, 0.25) is 0 Å². The zero-order chi connectivity index (χ0) is 19.4. The largest absolute Gasteiger partial charge is 0.432 e. The number of rotatable bonds is 6. The summed E-state index contributed by atoms with van der Waals surface area (Å²) >= 11 is 0. The van der Waals surface area contributed by atoms with Gasteiger partial charge in [0.25, 0.3) is 0 Å². The molecule has 0 aliphatic heterocycles. The summed E-state index contributed by atoms with van der Waals surface area (Å²) < 4.78 is 47.7. The van der Waals surface area contributed by atoms with Crippen LogP contribution in [0.15, 0.2) is 18.2 Å². The molecule has 0 atom stereocenters. The van der Waals surface area contributed by atoms with Gasteiger partial charge in [-0.2, -0.15) is 8.78 Å². The fourth-order valence-electron chi connectivity index (χ4n) is 5.16. The van der Waals surface area contributed by atoms with Crippen LogP contribution in [0.4, 0.5) is 13.2 Å². The van der Waals surface area contributed by atoms with Crippen LogP contribution in [0.25, 0.3) is 0 Å². The highest BCUT2D eigenvalue weighted by Gasteiger charge is 2.45. The van der Waals surface area contributed by atoms with Crippen LogP contribution in [0.5, 0.6) is 5.75 Å². The van der Waals surface area contributed by atoms with Gasteiger partial charge in [-0.3, -0.25) is 0 Å². The molecule has 2 aliphatic rings. The minimum Gasteiger partial charge on any atom is -0.432 e. The topological polar surface area (TPSA) is 9.23 Å². The van der Waals surface area contributed by atoms with Crippen LogP contribution in [0, 0.1) is 36.4 Å². The van der Waals surface area contributed by atoms with E-state index in [1.165, 1.54) is 50.7 Å². The van der Waals surface area contributed by atoms with Gasteiger partial charge in [0.15, 0.2) is 0 Å². The number of ether oxygens (including phenoxy) is 1. The smallest absolute Gasteiger partial charge is 0.400 e. The Morgan fingerprint density at radius 2 is 1.56 bits per heavy atom. The fourth-order valence-corrected chi connectivity index (χ4v) is 5.16. The molecule has 1 aromatic carbocycles. The van der Waals surface area contributed by atoms with Crippen LogP contribution in [0.2, 0.25) is 0 Å². The highest BCUT2D eigenvalue weighted by atomic mass is 19.3. The minimum atomic E-state index is -3.23. The maximum Gasteiger partial charge on any atom is 0.400 e. The summed E-state index contributed by atoms with van der Waals surface area (Å²) in [5, 5.41) is 0. The molecule has 1 aromatic rings. The first-order chi connectivity index (χ1) is 12.9. The van der Waals surface area contributed by atoms with E-state index in [-0.39, 0.29) is 5.75 Å². The average molecular weight is 383 g/mol. The first-order valence-corrected chi connectivity index (χ1v) is 10.7. The molecule has 0 spiro atoms. The van der Waals surface area contributed by atoms with Crippen molar-refractivity contribution in [1.29, 1.82) is 0 Å². The maximum absolute atomic E-state index is 14.6. The van der Waals surface area contributed by atoms with E-state index in [1.807, 2.05) is 0 Å². The lowest BCUT2D eigenvalue weighted by Gasteiger charge is -2.39. The molecule has 0 N–H and O–H groups in total. The molecule has 3 rings (SSSR count). The number of hydrogen-bond donors (Lipinski definition) is 0. The van der Waals surface area contributed by atoms with Gasteiger partial charge < -0.3 is 4.74 Å². The van der Waals surface area contributed by atoms with Gasteiger partial charge >= 0.3 is 6.11 Å². The number of alkyl halides is 2. The number of halogens is 3. The molecule has 0 amide bonds. The third-order valence-corrected chi connectivity index (χ3v) is 6.90. The van der Waals surface area contributed by atoms with Gasteiger partial charge in [-0.25, -0.2) is 4.39 Å². The maximum atomic E-state index is 14.6. The number of benzene rings is 1. The Morgan fingerprint density at radius 3 is 2.11 bits per heavy atom. The van der Waals surface area contributed by atoms with Gasteiger partial charge in [0, 0.05) is 6.07 Å². The summed E-state index contributed by atoms with van der Waals surface area (Å²) in [5.74, 6) is 0.839. The first kappa shape index (κ1) is 20.5. The number of aryl methyl sites for hydroxylation is 1. The van der Waals surface area contributed by atoms with E-state index in [2.05, 4.69) is 6.92 Å². The van der Waals surface area contributed by atoms with Crippen LogP contribution in [-0.2, 0) is 0 Å². The van der Waals surface area contributed by atoms with Crippen molar-refractivity contribution in [3.63, 3.8) is 0 Å². The highest BCUT2D eigenvalue weighted by Crippen LogP contribution is 2.45. The van der Waals surface area contributed by atoms with Gasteiger partial charge in [0.05, 0.1) is 5.92 Å². The molecule has 2 saturated carbocycles. The second-order valence-electron chi connectivity index (χ2n) is 8.76. The quantitative estimate of drug-likeness (QED) is 0.494. The van der Waals surface area contributed by atoms with E-state index in [9.17, 15) is 13.2 Å². The molecule has 0 aromatic heterocycles. The van der Waals surface area contributed by atoms with E-state index in [0.717, 1.165) is 30.7 Å². The molecule has 0 saturated heterocycles. The molecule has 0 bridgehead atoms. The average Bonchev–Trinajstić information content (AvgIpc) is 2.66. The zero-order valence-corrected chi connectivity index (χ0v) is 16.7. The van der Waals surface area contributed by atoms with Crippen molar-refractivity contribution in [2.45, 2.75) is 84.2 Å². The molecule has 2 fully saturated rings. The summed E-state index contributed by atoms with van der Waals surface area (Å²) in [6.45, 7) is 3.86.